The number of halogens is 3. The lowest BCUT2D eigenvalue weighted by Gasteiger charge is -2.20. The summed E-state index contributed by atoms with van der Waals surface area (Å²) >= 11 is 10.7. The maximum Gasteiger partial charge on any atom is 0.0631 e. The molecule has 17 heavy (non-hydrogen) atoms. The third kappa shape index (κ3) is 3.48. The molecule has 1 N–H and O–H groups in total. The third-order valence-electron chi connectivity index (χ3n) is 3.32. The van der Waals surface area contributed by atoms with Crippen LogP contribution in [-0.2, 0) is 0 Å². The molecule has 1 fully saturated rings. The predicted molar refractivity (Wildman–Crippen MR) is 84.6 cm³/mol. The minimum absolute atomic E-state index is 0.478. The zero-order valence-electron chi connectivity index (χ0n) is 9.99. The summed E-state index contributed by atoms with van der Waals surface area (Å²) in [6, 6.07) is 4.74. The molecular formula is C13H16Br3N. The normalized spacial score (nSPS) is 22.8. The van der Waals surface area contributed by atoms with Gasteiger partial charge in [-0.25, -0.2) is 0 Å². The molecule has 2 rings (SSSR count). The largest absolute Gasteiger partial charge is 0.380 e. The monoisotopic (exact) mass is 423 g/mol. The maximum atomic E-state index is 3.65. The smallest absolute Gasteiger partial charge is 0.0631 e. The molecular weight excluding hydrogens is 410 g/mol. The van der Waals surface area contributed by atoms with Crippen LogP contribution in [0.2, 0.25) is 0 Å². The molecule has 1 nitrogen and oxygen atoms in total. The van der Waals surface area contributed by atoms with Crippen molar-refractivity contribution in [2.75, 3.05) is 5.32 Å². The molecule has 0 bridgehead atoms. The molecule has 0 radical (unpaired) electrons. The molecule has 1 unspecified atom stereocenters. The highest BCUT2D eigenvalue weighted by Gasteiger charge is 2.31. The van der Waals surface area contributed by atoms with Crippen molar-refractivity contribution < 1.29 is 0 Å². The number of rotatable bonds is 2. The highest BCUT2D eigenvalue weighted by atomic mass is 79.9. The Kier molecular flexibility index (Phi) is 4.26. The van der Waals surface area contributed by atoms with E-state index in [0.717, 1.165) is 19.1 Å². The van der Waals surface area contributed by atoms with Gasteiger partial charge >= 0.3 is 0 Å². The van der Waals surface area contributed by atoms with Crippen LogP contribution in [0, 0.1) is 5.41 Å². The Morgan fingerprint density at radius 3 is 2.24 bits per heavy atom. The van der Waals surface area contributed by atoms with Crippen LogP contribution < -0.4 is 5.32 Å². The number of hydrogen-bond acceptors (Lipinski definition) is 1. The quantitative estimate of drug-likeness (QED) is 0.616. The molecule has 0 spiro atoms. The maximum absolute atomic E-state index is 3.65. The second-order valence-corrected chi connectivity index (χ2v) is 8.12. The van der Waals surface area contributed by atoms with Crippen LogP contribution in [0.1, 0.15) is 33.1 Å². The number of anilines is 1. The molecule has 1 aliphatic carbocycles. The standard InChI is InChI=1S/C13H16Br3N/c1-13(2)4-3-9(7-13)17-12-10(15)5-8(14)6-11(12)16/h5-6,9,17H,3-4,7H2,1-2H3. The minimum atomic E-state index is 0.478. The molecule has 1 aromatic rings. The van der Waals surface area contributed by atoms with Crippen LogP contribution in [0.5, 0.6) is 0 Å². The summed E-state index contributed by atoms with van der Waals surface area (Å²) < 4.78 is 3.28. The Morgan fingerprint density at radius 1 is 1.18 bits per heavy atom. The van der Waals surface area contributed by atoms with Crippen molar-refractivity contribution in [3.05, 3.63) is 25.6 Å². The van der Waals surface area contributed by atoms with Crippen molar-refractivity contribution in [2.24, 2.45) is 5.41 Å². The first-order chi connectivity index (χ1) is 7.87. The third-order valence-corrected chi connectivity index (χ3v) is 5.03. The van der Waals surface area contributed by atoms with Crippen molar-refractivity contribution in [3.63, 3.8) is 0 Å². The predicted octanol–water partition coefficient (Wildman–Crippen LogP) is 5.96. The average molecular weight is 426 g/mol. The van der Waals surface area contributed by atoms with Gasteiger partial charge in [-0.05, 0) is 68.7 Å². The summed E-state index contributed by atoms with van der Waals surface area (Å²) in [7, 11) is 0. The molecule has 0 heterocycles. The van der Waals surface area contributed by atoms with E-state index in [-0.39, 0.29) is 0 Å². The van der Waals surface area contributed by atoms with Crippen LogP contribution in [0.15, 0.2) is 25.6 Å². The van der Waals surface area contributed by atoms with Gasteiger partial charge in [-0.15, -0.1) is 0 Å². The van der Waals surface area contributed by atoms with Gasteiger partial charge in [-0.2, -0.15) is 0 Å². The topological polar surface area (TPSA) is 12.0 Å². The van der Waals surface area contributed by atoms with E-state index in [1.807, 2.05) is 0 Å². The van der Waals surface area contributed by atoms with Gasteiger partial charge in [-0.1, -0.05) is 29.8 Å². The first kappa shape index (κ1) is 13.9. The molecule has 94 valence electrons. The average Bonchev–Trinajstić information content (AvgIpc) is 2.52. The van der Waals surface area contributed by atoms with Crippen LogP contribution >= 0.6 is 47.8 Å². The van der Waals surface area contributed by atoms with E-state index >= 15 is 0 Å². The lowest BCUT2D eigenvalue weighted by Crippen LogP contribution is -2.18. The number of benzene rings is 1. The van der Waals surface area contributed by atoms with Crippen LogP contribution in [-0.4, -0.2) is 6.04 Å². The van der Waals surface area contributed by atoms with Gasteiger partial charge in [-0.3, -0.25) is 0 Å². The Labute approximate surface area is 128 Å². The SMILES string of the molecule is CC1(C)CCC(Nc2c(Br)cc(Br)cc2Br)C1. The van der Waals surface area contributed by atoms with E-state index < -0.39 is 0 Å². The van der Waals surface area contributed by atoms with Gasteiger partial charge in [0.05, 0.1) is 5.69 Å². The van der Waals surface area contributed by atoms with Crippen LogP contribution in [0.4, 0.5) is 5.69 Å². The van der Waals surface area contributed by atoms with E-state index in [4.69, 9.17) is 0 Å². The summed E-state index contributed by atoms with van der Waals surface area (Å²) in [5, 5.41) is 3.65. The Hall–Kier alpha value is 0.460. The van der Waals surface area contributed by atoms with Gasteiger partial charge in [0.2, 0.25) is 0 Å². The van der Waals surface area contributed by atoms with Crippen molar-refractivity contribution in [3.8, 4) is 0 Å². The lowest BCUT2D eigenvalue weighted by atomic mass is 9.92. The fourth-order valence-corrected chi connectivity index (χ4v) is 4.93. The number of nitrogens with one attached hydrogen (secondary N) is 1. The van der Waals surface area contributed by atoms with Crippen LogP contribution in [0.25, 0.3) is 0 Å². The first-order valence-electron chi connectivity index (χ1n) is 5.78. The Bertz CT molecular complexity index is 406. The summed E-state index contributed by atoms with van der Waals surface area (Å²) in [5.41, 5.74) is 1.64. The van der Waals surface area contributed by atoms with Crippen molar-refractivity contribution >= 4 is 53.5 Å². The van der Waals surface area contributed by atoms with Gasteiger partial charge in [0.1, 0.15) is 0 Å². The highest BCUT2D eigenvalue weighted by molar-refractivity contribution is 9.11. The zero-order valence-corrected chi connectivity index (χ0v) is 14.7. The lowest BCUT2D eigenvalue weighted by molar-refractivity contribution is 0.378. The van der Waals surface area contributed by atoms with Gasteiger partial charge in [0.15, 0.2) is 0 Å². The first-order valence-corrected chi connectivity index (χ1v) is 8.16. The van der Waals surface area contributed by atoms with Crippen molar-refractivity contribution in [1.82, 2.24) is 0 Å². The highest BCUT2D eigenvalue weighted by Crippen LogP contribution is 2.41. The van der Waals surface area contributed by atoms with E-state index in [9.17, 15) is 0 Å². The summed E-state index contributed by atoms with van der Waals surface area (Å²) in [6.07, 6.45) is 3.79. The molecule has 4 heteroatoms. The van der Waals surface area contributed by atoms with Crippen LogP contribution in [0.3, 0.4) is 0 Å². The number of hydrogen-bond donors (Lipinski definition) is 1. The molecule has 0 saturated heterocycles. The molecule has 0 amide bonds. The van der Waals surface area contributed by atoms with E-state index in [1.54, 1.807) is 0 Å². The molecule has 0 aliphatic heterocycles. The van der Waals surface area contributed by atoms with E-state index in [2.05, 4.69) is 79.1 Å². The second-order valence-electron chi connectivity index (χ2n) is 5.49. The fourth-order valence-electron chi connectivity index (χ4n) is 2.44. The van der Waals surface area contributed by atoms with Gasteiger partial charge in [0.25, 0.3) is 0 Å². The molecule has 1 aromatic carbocycles. The molecule has 0 aromatic heterocycles. The molecule has 1 atom stereocenters. The van der Waals surface area contributed by atoms with Crippen molar-refractivity contribution in [2.45, 2.75) is 39.2 Å². The molecule has 1 aliphatic rings. The van der Waals surface area contributed by atoms with Crippen molar-refractivity contribution in [1.29, 1.82) is 0 Å². The second kappa shape index (κ2) is 5.22. The van der Waals surface area contributed by atoms with E-state index in [0.29, 0.717) is 11.5 Å². The Morgan fingerprint density at radius 2 is 1.76 bits per heavy atom. The van der Waals surface area contributed by atoms with Gasteiger partial charge < -0.3 is 5.32 Å². The van der Waals surface area contributed by atoms with E-state index in [1.165, 1.54) is 19.3 Å². The van der Waals surface area contributed by atoms with Gasteiger partial charge in [0, 0.05) is 19.5 Å². The minimum Gasteiger partial charge on any atom is -0.380 e. The molecule has 1 saturated carbocycles. The summed E-state index contributed by atoms with van der Waals surface area (Å²) in [6.45, 7) is 4.70. The Balaban J connectivity index is 2.15. The summed E-state index contributed by atoms with van der Waals surface area (Å²) in [4.78, 5) is 0. The summed E-state index contributed by atoms with van der Waals surface area (Å²) in [5.74, 6) is 0. The fraction of sp³-hybridized carbons (Fsp3) is 0.538. The zero-order chi connectivity index (χ0) is 12.6.